The van der Waals surface area contributed by atoms with Crippen LogP contribution in [0.1, 0.15) is 37.9 Å². The molecular formula is C17H21FN2. The summed E-state index contributed by atoms with van der Waals surface area (Å²) in [6.07, 6.45) is 3.59. The summed E-state index contributed by atoms with van der Waals surface area (Å²) in [4.78, 5) is 4.02. The molecule has 0 amide bonds. The van der Waals surface area contributed by atoms with E-state index in [4.69, 9.17) is 0 Å². The van der Waals surface area contributed by atoms with E-state index in [1.807, 2.05) is 24.3 Å². The first-order chi connectivity index (χ1) is 9.47. The van der Waals surface area contributed by atoms with E-state index in [0.717, 1.165) is 12.1 Å². The van der Waals surface area contributed by atoms with Gasteiger partial charge in [0.05, 0.1) is 0 Å². The van der Waals surface area contributed by atoms with Gasteiger partial charge in [0, 0.05) is 25.0 Å². The van der Waals surface area contributed by atoms with Gasteiger partial charge in [0.1, 0.15) is 5.82 Å². The van der Waals surface area contributed by atoms with Crippen molar-refractivity contribution in [3.63, 3.8) is 0 Å². The zero-order chi connectivity index (χ0) is 14.6. The molecule has 0 saturated heterocycles. The van der Waals surface area contributed by atoms with Crippen molar-refractivity contribution < 1.29 is 4.39 Å². The van der Waals surface area contributed by atoms with Gasteiger partial charge >= 0.3 is 0 Å². The van der Waals surface area contributed by atoms with Crippen LogP contribution in [0, 0.1) is 11.2 Å². The lowest BCUT2D eigenvalue weighted by Gasteiger charge is -2.32. The Morgan fingerprint density at radius 3 is 2.20 bits per heavy atom. The standard InChI is InChI=1S/C17H21FN2/c1-17(2,3)16(14-4-6-15(18)7-5-14)20-12-13-8-10-19-11-9-13/h4-11,16,20H,12H2,1-3H3. The second-order valence-electron chi connectivity index (χ2n) is 6.09. The minimum absolute atomic E-state index is 0.0465. The maximum absolute atomic E-state index is 13.1. The Morgan fingerprint density at radius 1 is 1.05 bits per heavy atom. The van der Waals surface area contributed by atoms with Gasteiger partial charge in [-0.25, -0.2) is 4.39 Å². The third kappa shape index (κ3) is 3.87. The molecular weight excluding hydrogens is 251 g/mol. The van der Waals surface area contributed by atoms with Crippen LogP contribution in [0.3, 0.4) is 0 Å². The first-order valence-corrected chi connectivity index (χ1v) is 6.84. The lowest BCUT2D eigenvalue weighted by Crippen LogP contribution is -2.32. The number of rotatable bonds is 4. The summed E-state index contributed by atoms with van der Waals surface area (Å²) in [6, 6.07) is 10.9. The molecule has 1 N–H and O–H groups in total. The first kappa shape index (κ1) is 14.7. The molecule has 2 aromatic rings. The molecule has 0 saturated carbocycles. The summed E-state index contributed by atoms with van der Waals surface area (Å²) in [5.74, 6) is -0.199. The van der Waals surface area contributed by atoms with Crippen molar-refractivity contribution in [3.05, 3.63) is 65.7 Å². The van der Waals surface area contributed by atoms with Crippen molar-refractivity contribution in [2.24, 2.45) is 5.41 Å². The minimum atomic E-state index is -0.199. The lowest BCUT2D eigenvalue weighted by atomic mass is 9.82. The van der Waals surface area contributed by atoms with E-state index < -0.39 is 0 Å². The second kappa shape index (κ2) is 6.14. The minimum Gasteiger partial charge on any atom is -0.305 e. The fourth-order valence-electron chi connectivity index (χ4n) is 2.30. The number of pyridine rings is 1. The molecule has 0 aliphatic heterocycles. The van der Waals surface area contributed by atoms with Gasteiger partial charge in [-0.2, -0.15) is 0 Å². The van der Waals surface area contributed by atoms with E-state index in [2.05, 4.69) is 31.1 Å². The number of nitrogens with one attached hydrogen (secondary N) is 1. The van der Waals surface area contributed by atoms with Crippen molar-refractivity contribution in [2.45, 2.75) is 33.4 Å². The zero-order valence-corrected chi connectivity index (χ0v) is 12.2. The number of hydrogen-bond acceptors (Lipinski definition) is 2. The molecule has 1 aromatic carbocycles. The van der Waals surface area contributed by atoms with E-state index in [1.54, 1.807) is 12.4 Å². The van der Waals surface area contributed by atoms with Crippen LogP contribution in [0.5, 0.6) is 0 Å². The van der Waals surface area contributed by atoms with Gasteiger partial charge in [0.15, 0.2) is 0 Å². The van der Waals surface area contributed by atoms with Crippen LogP contribution in [0.4, 0.5) is 4.39 Å². The van der Waals surface area contributed by atoms with Crippen LogP contribution in [0.2, 0.25) is 0 Å². The molecule has 3 heteroatoms. The molecule has 0 aliphatic rings. The van der Waals surface area contributed by atoms with Crippen molar-refractivity contribution in [1.82, 2.24) is 10.3 Å². The molecule has 1 unspecified atom stereocenters. The molecule has 0 aliphatic carbocycles. The van der Waals surface area contributed by atoms with E-state index in [1.165, 1.54) is 17.7 Å². The normalized spacial score (nSPS) is 13.2. The van der Waals surface area contributed by atoms with Gasteiger partial charge in [-0.1, -0.05) is 32.9 Å². The average molecular weight is 272 g/mol. The van der Waals surface area contributed by atoms with Crippen molar-refractivity contribution in [2.75, 3.05) is 0 Å². The predicted molar refractivity (Wildman–Crippen MR) is 79.7 cm³/mol. The number of hydrogen-bond donors (Lipinski definition) is 1. The second-order valence-corrected chi connectivity index (χ2v) is 6.09. The molecule has 1 aromatic heterocycles. The number of halogens is 1. The zero-order valence-electron chi connectivity index (χ0n) is 12.2. The third-order valence-corrected chi connectivity index (χ3v) is 3.33. The van der Waals surface area contributed by atoms with Gasteiger partial charge in [-0.15, -0.1) is 0 Å². The van der Waals surface area contributed by atoms with Crippen molar-refractivity contribution in [1.29, 1.82) is 0 Å². The largest absolute Gasteiger partial charge is 0.305 e. The van der Waals surface area contributed by atoms with Crippen molar-refractivity contribution in [3.8, 4) is 0 Å². The highest BCUT2D eigenvalue weighted by Crippen LogP contribution is 2.33. The smallest absolute Gasteiger partial charge is 0.123 e. The monoisotopic (exact) mass is 272 g/mol. The molecule has 0 spiro atoms. The molecule has 0 bridgehead atoms. The fraction of sp³-hybridized carbons (Fsp3) is 0.353. The highest BCUT2D eigenvalue weighted by atomic mass is 19.1. The van der Waals surface area contributed by atoms with Gasteiger partial charge in [0.2, 0.25) is 0 Å². The van der Waals surface area contributed by atoms with Crippen LogP contribution in [-0.2, 0) is 6.54 Å². The van der Waals surface area contributed by atoms with Crippen LogP contribution in [-0.4, -0.2) is 4.98 Å². The Balaban J connectivity index is 2.14. The van der Waals surface area contributed by atoms with Crippen LogP contribution in [0.25, 0.3) is 0 Å². The fourth-order valence-corrected chi connectivity index (χ4v) is 2.30. The molecule has 1 atom stereocenters. The Kier molecular flexibility index (Phi) is 4.50. The summed E-state index contributed by atoms with van der Waals surface area (Å²) in [7, 11) is 0. The summed E-state index contributed by atoms with van der Waals surface area (Å²) < 4.78 is 13.1. The maximum atomic E-state index is 13.1. The molecule has 2 rings (SSSR count). The molecule has 20 heavy (non-hydrogen) atoms. The highest BCUT2D eigenvalue weighted by Gasteiger charge is 2.25. The van der Waals surface area contributed by atoms with E-state index in [-0.39, 0.29) is 17.3 Å². The molecule has 0 radical (unpaired) electrons. The quantitative estimate of drug-likeness (QED) is 0.906. The first-order valence-electron chi connectivity index (χ1n) is 6.84. The maximum Gasteiger partial charge on any atom is 0.123 e. The number of nitrogens with zero attached hydrogens (tertiary/aromatic N) is 1. The molecule has 106 valence electrons. The summed E-state index contributed by atoms with van der Waals surface area (Å²) in [5, 5.41) is 3.56. The van der Waals surface area contributed by atoms with E-state index in [0.29, 0.717) is 0 Å². The third-order valence-electron chi connectivity index (χ3n) is 3.33. The van der Waals surface area contributed by atoms with Crippen LogP contribution < -0.4 is 5.32 Å². The van der Waals surface area contributed by atoms with Gasteiger partial charge < -0.3 is 5.32 Å². The Hall–Kier alpha value is -1.74. The summed E-state index contributed by atoms with van der Waals surface area (Å²) >= 11 is 0. The van der Waals surface area contributed by atoms with Gasteiger partial charge in [-0.05, 0) is 40.8 Å². The predicted octanol–water partition coefficient (Wildman–Crippen LogP) is 4.10. The van der Waals surface area contributed by atoms with Gasteiger partial charge in [-0.3, -0.25) is 4.98 Å². The summed E-state index contributed by atoms with van der Waals surface area (Å²) in [6.45, 7) is 7.31. The Morgan fingerprint density at radius 2 is 1.65 bits per heavy atom. The Bertz CT molecular complexity index is 529. The SMILES string of the molecule is CC(C)(C)C(NCc1ccncc1)c1ccc(F)cc1. The average Bonchev–Trinajstić information content (AvgIpc) is 2.41. The Labute approximate surface area is 120 Å². The topological polar surface area (TPSA) is 24.9 Å². The van der Waals surface area contributed by atoms with Crippen molar-refractivity contribution >= 4 is 0 Å². The van der Waals surface area contributed by atoms with Crippen LogP contribution >= 0.6 is 0 Å². The lowest BCUT2D eigenvalue weighted by molar-refractivity contribution is 0.271. The molecule has 1 heterocycles. The van der Waals surface area contributed by atoms with E-state index >= 15 is 0 Å². The molecule has 2 nitrogen and oxygen atoms in total. The van der Waals surface area contributed by atoms with Crippen LogP contribution in [0.15, 0.2) is 48.8 Å². The number of aromatic nitrogens is 1. The van der Waals surface area contributed by atoms with Gasteiger partial charge in [0.25, 0.3) is 0 Å². The summed E-state index contributed by atoms with van der Waals surface area (Å²) in [5.41, 5.74) is 2.34. The van der Waals surface area contributed by atoms with E-state index in [9.17, 15) is 4.39 Å². The number of benzene rings is 1. The highest BCUT2D eigenvalue weighted by molar-refractivity contribution is 5.22. The molecule has 0 fully saturated rings.